The minimum atomic E-state index is -0.565. The summed E-state index contributed by atoms with van der Waals surface area (Å²) in [6, 6.07) is 11.0. The number of carbonyl (C=O) groups excluding carboxylic acids is 1. The standard InChI is InChI=1S/C16H17BrN2O2/c1-11(13-4-3-9-18-10-13)19-16(20)12(2)21-15-7-5-14(17)6-8-15/h3-12H,1-2H3,(H,19,20). The summed E-state index contributed by atoms with van der Waals surface area (Å²) in [5.41, 5.74) is 0.960. The van der Waals surface area contributed by atoms with Crippen molar-refractivity contribution in [2.75, 3.05) is 0 Å². The maximum atomic E-state index is 12.1. The molecule has 0 saturated heterocycles. The predicted molar refractivity (Wildman–Crippen MR) is 85.0 cm³/mol. The van der Waals surface area contributed by atoms with Gasteiger partial charge in [-0.25, -0.2) is 0 Å². The molecule has 0 fully saturated rings. The Morgan fingerprint density at radius 2 is 1.95 bits per heavy atom. The Labute approximate surface area is 132 Å². The van der Waals surface area contributed by atoms with Gasteiger partial charge in [-0.3, -0.25) is 9.78 Å². The molecule has 2 atom stereocenters. The van der Waals surface area contributed by atoms with Crippen LogP contribution in [0.4, 0.5) is 0 Å². The van der Waals surface area contributed by atoms with Gasteiger partial charge in [-0.15, -0.1) is 0 Å². The van der Waals surface area contributed by atoms with E-state index >= 15 is 0 Å². The number of carbonyl (C=O) groups is 1. The van der Waals surface area contributed by atoms with Crippen LogP contribution in [0.5, 0.6) is 5.75 Å². The molecule has 0 aliphatic rings. The number of nitrogens with one attached hydrogen (secondary N) is 1. The fourth-order valence-corrected chi connectivity index (χ4v) is 2.08. The highest BCUT2D eigenvalue weighted by molar-refractivity contribution is 9.10. The Balaban J connectivity index is 1.92. The van der Waals surface area contributed by atoms with Gasteiger partial charge >= 0.3 is 0 Å². The van der Waals surface area contributed by atoms with Gasteiger partial charge in [0.25, 0.3) is 5.91 Å². The lowest BCUT2D eigenvalue weighted by Crippen LogP contribution is -2.37. The number of pyridine rings is 1. The quantitative estimate of drug-likeness (QED) is 0.899. The summed E-state index contributed by atoms with van der Waals surface area (Å²) in [6.07, 6.45) is 2.88. The molecule has 0 aliphatic carbocycles. The van der Waals surface area contributed by atoms with E-state index in [1.807, 2.05) is 43.3 Å². The van der Waals surface area contributed by atoms with Crippen molar-refractivity contribution in [3.8, 4) is 5.75 Å². The van der Waals surface area contributed by atoms with Crippen LogP contribution in [0.15, 0.2) is 53.3 Å². The summed E-state index contributed by atoms with van der Waals surface area (Å²) in [5, 5.41) is 2.91. The van der Waals surface area contributed by atoms with E-state index in [0.717, 1.165) is 10.0 Å². The van der Waals surface area contributed by atoms with E-state index in [2.05, 4.69) is 26.2 Å². The van der Waals surface area contributed by atoms with Crippen LogP contribution in [0.3, 0.4) is 0 Å². The molecular formula is C16H17BrN2O2. The first-order valence-corrected chi connectivity index (χ1v) is 7.48. The number of nitrogens with zero attached hydrogens (tertiary/aromatic N) is 1. The van der Waals surface area contributed by atoms with Gasteiger partial charge in [-0.1, -0.05) is 22.0 Å². The summed E-state index contributed by atoms with van der Waals surface area (Å²) < 4.78 is 6.59. The average Bonchev–Trinajstić information content (AvgIpc) is 2.50. The third-order valence-electron chi connectivity index (χ3n) is 3.04. The number of halogens is 1. The number of hydrogen-bond donors (Lipinski definition) is 1. The average molecular weight is 349 g/mol. The van der Waals surface area contributed by atoms with Crippen LogP contribution in [0.1, 0.15) is 25.5 Å². The smallest absolute Gasteiger partial charge is 0.261 e. The van der Waals surface area contributed by atoms with E-state index in [9.17, 15) is 4.79 Å². The van der Waals surface area contributed by atoms with Crippen molar-refractivity contribution in [2.24, 2.45) is 0 Å². The highest BCUT2D eigenvalue weighted by atomic mass is 79.9. The monoisotopic (exact) mass is 348 g/mol. The Hall–Kier alpha value is -1.88. The lowest BCUT2D eigenvalue weighted by atomic mass is 10.1. The van der Waals surface area contributed by atoms with Crippen LogP contribution in [0.2, 0.25) is 0 Å². The van der Waals surface area contributed by atoms with E-state index in [4.69, 9.17) is 4.74 Å². The largest absolute Gasteiger partial charge is 0.481 e. The first kappa shape index (κ1) is 15.5. The van der Waals surface area contributed by atoms with Gasteiger partial charge in [0.2, 0.25) is 0 Å². The molecule has 0 bridgehead atoms. The molecule has 2 rings (SSSR count). The number of aromatic nitrogens is 1. The topological polar surface area (TPSA) is 51.2 Å². The Kier molecular flexibility index (Phi) is 5.33. The second-order valence-corrected chi connectivity index (χ2v) is 5.65. The minimum absolute atomic E-state index is 0.109. The van der Waals surface area contributed by atoms with E-state index in [0.29, 0.717) is 5.75 Å². The first-order valence-electron chi connectivity index (χ1n) is 6.69. The molecule has 1 N–H and O–H groups in total. The number of rotatable bonds is 5. The molecule has 1 aromatic heterocycles. The molecule has 4 nitrogen and oxygen atoms in total. The third-order valence-corrected chi connectivity index (χ3v) is 3.57. The Morgan fingerprint density at radius 3 is 2.57 bits per heavy atom. The number of benzene rings is 1. The zero-order valence-corrected chi connectivity index (χ0v) is 13.5. The second kappa shape index (κ2) is 7.22. The summed E-state index contributed by atoms with van der Waals surface area (Å²) in [7, 11) is 0. The fourth-order valence-electron chi connectivity index (χ4n) is 1.82. The van der Waals surface area contributed by atoms with Crippen LogP contribution in [-0.4, -0.2) is 17.0 Å². The molecule has 110 valence electrons. The van der Waals surface area contributed by atoms with Crippen LogP contribution in [0.25, 0.3) is 0 Å². The number of hydrogen-bond acceptors (Lipinski definition) is 3. The van der Waals surface area contributed by atoms with Crippen molar-refractivity contribution in [1.82, 2.24) is 10.3 Å². The summed E-state index contributed by atoms with van der Waals surface area (Å²) in [4.78, 5) is 16.2. The molecule has 0 spiro atoms. The Morgan fingerprint density at radius 1 is 1.24 bits per heavy atom. The third kappa shape index (κ3) is 4.56. The summed E-state index contributed by atoms with van der Waals surface area (Å²) >= 11 is 3.36. The van der Waals surface area contributed by atoms with E-state index in [1.165, 1.54) is 0 Å². The van der Waals surface area contributed by atoms with E-state index < -0.39 is 6.10 Å². The normalized spacial score (nSPS) is 13.3. The molecule has 0 radical (unpaired) electrons. The molecule has 0 saturated carbocycles. The van der Waals surface area contributed by atoms with Gasteiger partial charge in [-0.05, 0) is 49.7 Å². The van der Waals surface area contributed by atoms with Crippen molar-refractivity contribution in [2.45, 2.75) is 26.0 Å². The lowest BCUT2D eigenvalue weighted by molar-refractivity contribution is -0.127. The van der Waals surface area contributed by atoms with Gasteiger partial charge in [0, 0.05) is 16.9 Å². The number of ether oxygens (including phenoxy) is 1. The molecule has 0 aliphatic heterocycles. The van der Waals surface area contributed by atoms with Gasteiger partial charge in [-0.2, -0.15) is 0 Å². The maximum absolute atomic E-state index is 12.1. The molecule has 2 aromatic rings. The second-order valence-electron chi connectivity index (χ2n) is 4.73. The molecule has 5 heteroatoms. The van der Waals surface area contributed by atoms with Gasteiger partial charge in [0.1, 0.15) is 5.75 Å². The number of amides is 1. The van der Waals surface area contributed by atoms with Crippen molar-refractivity contribution < 1.29 is 9.53 Å². The summed E-state index contributed by atoms with van der Waals surface area (Å²) in [5.74, 6) is 0.504. The van der Waals surface area contributed by atoms with Gasteiger partial charge in [0.15, 0.2) is 6.10 Å². The predicted octanol–water partition coefficient (Wildman–Crippen LogP) is 3.49. The lowest BCUT2D eigenvalue weighted by Gasteiger charge is -2.18. The highest BCUT2D eigenvalue weighted by Crippen LogP contribution is 2.17. The van der Waals surface area contributed by atoms with Crippen LogP contribution in [-0.2, 0) is 4.79 Å². The minimum Gasteiger partial charge on any atom is -0.481 e. The molecular weight excluding hydrogens is 332 g/mol. The summed E-state index contributed by atoms with van der Waals surface area (Å²) in [6.45, 7) is 3.65. The zero-order chi connectivity index (χ0) is 15.2. The first-order chi connectivity index (χ1) is 10.1. The Bertz CT molecular complexity index is 587. The van der Waals surface area contributed by atoms with Gasteiger partial charge in [0.05, 0.1) is 6.04 Å². The molecule has 21 heavy (non-hydrogen) atoms. The SMILES string of the molecule is CC(Oc1ccc(Br)cc1)C(=O)NC(C)c1cccnc1. The van der Waals surface area contributed by atoms with Crippen LogP contribution < -0.4 is 10.1 Å². The van der Waals surface area contributed by atoms with Crippen molar-refractivity contribution in [3.05, 3.63) is 58.8 Å². The van der Waals surface area contributed by atoms with Crippen LogP contribution >= 0.6 is 15.9 Å². The molecule has 1 aromatic carbocycles. The zero-order valence-electron chi connectivity index (χ0n) is 11.9. The van der Waals surface area contributed by atoms with Gasteiger partial charge < -0.3 is 10.1 Å². The molecule has 1 amide bonds. The van der Waals surface area contributed by atoms with Crippen LogP contribution in [0, 0.1) is 0 Å². The fraction of sp³-hybridized carbons (Fsp3) is 0.250. The van der Waals surface area contributed by atoms with E-state index in [1.54, 1.807) is 19.3 Å². The highest BCUT2D eigenvalue weighted by Gasteiger charge is 2.17. The van der Waals surface area contributed by atoms with Crippen molar-refractivity contribution in [1.29, 1.82) is 0 Å². The maximum Gasteiger partial charge on any atom is 0.261 e. The van der Waals surface area contributed by atoms with Crippen molar-refractivity contribution >= 4 is 21.8 Å². The molecule has 1 heterocycles. The van der Waals surface area contributed by atoms with E-state index in [-0.39, 0.29) is 11.9 Å². The van der Waals surface area contributed by atoms with Crippen molar-refractivity contribution in [3.63, 3.8) is 0 Å². The molecule has 2 unspecified atom stereocenters.